The highest BCUT2D eigenvalue weighted by atomic mass is 35.5. The number of amides is 1. The largest absolute Gasteiger partial charge is 0.397 e. The van der Waals surface area contributed by atoms with E-state index in [-0.39, 0.29) is 28.0 Å². The van der Waals surface area contributed by atoms with Gasteiger partial charge in [-0.25, -0.2) is 4.39 Å². The molecule has 7 heteroatoms. The molecule has 0 aliphatic heterocycles. The van der Waals surface area contributed by atoms with Crippen molar-refractivity contribution < 1.29 is 9.18 Å². The van der Waals surface area contributed by atoms with Crippen LogP contribution in [-0.4, -0.2) is 18.5 Å². The third kappa shape index (κ3) is 3.66. The number of nitrogens with one attached hydrogen (secondary N) is 2. The Balaban J connectivity index is 1.81. The molecule has 1 aromatic rings. The summed E-state index contributed by atoms with van der Waals surface area (Å²) in [6.45, 7) is 0.430. The molecule has 0 spiro atoms. The molecule has 0 bridgehead atoms. The summed E-state index contributed by atoms with van der Waals surface area (Å²) in [6.07, 6.45) is 3.11. The Morgan fingerprint density at radius 1 is 1.40 bits per heavy atom. The topological polar surface area (TPSA) is 93.2 Å². The van der Waals surface area contributed by atoms with Crippen molar-refractivity contribution in [3.05, 3.63) is 16.9 Å². The monoisotopic (exact) mass is 300 g/mol. The van der Waals surface area contributed by atoms with Gasteiger partial charge in [0.25, 0.3) is 0 Å². The molecule has 0 heterocycles. The van der Waals surface area contributed by atoms with Gasteiger partial charge in [-0.05, 0) is 25.3 Å². The molecule has 0 aromatic heterocycles. The van der Waals surface area contributed by atoms with E-state index in [0.29, 0.717) is 25.4 Å². The summed E-state index contributed by atoms with van der Waals surface area (Å²) in [5, 5.41) is 5.60. The van der Waals surface area contributed by atoms with Crippen molar-refractivity contribution in [2.45, 2.75) is 31.7 Å². The SMILES string of the molecule is Nc1cc(N)c(NCCCC(=O)NC2CC2)c(F)c1Cl. The molecule has 2 rings (SSSR count). The van der Waals surface area contributed by atoms with Crippen LogP contribution >= 0.6 is 11.6 Å². The fourth-order valence-corrected chi connectivity index (χ4v) is 1.98. The van der Waals surface area contributed by atoms with Crippen LogP contribution in [0.3, 0.4) is 0 Å². The van der Waals surface area contributed by atoms with Crippen LogP contribution in [0.2, 0.25) is 5.02 Å². The van der Waals surface area contributed by atoms with E-state index in [2.05, 4.69) is 10.6 Å². The van der Waals surface area contributed by atoms with Crippen molar-refractivity contribution >= 4 is 34.6 Å². The lowest BCUT2D eigenvalue weighted by Crippen LogP contribution is -2.25. The highest BCUT2D eigenvalue weighted by molar-refractivity contribution is 6.33. The number of halogens is 2. The van der Waals surface area contributed by atoms with Crippen LogP contribution in [0, 0.1) is 5.82 Å². The third-order valence-corrected chi connectivity index (χ3v) is 3.47. The Hall–Kier alpha value is -1.69. The zero-order valence-corrected chi connectivity index (χ0v) is 11.8. The van der Waals surface area contributed by atoms with Gasteiger partial charge in [0.05, 0.1) is 17.1 Å². The van der Waals surface area contributed by atoms with Crippen LogP contribution in [0.15, 0.2) is 6.07 Å². The minimum absolute atomic E-state index is 0.0260. The number of carbonyl (C=O) groups is 1. The van der Waals surface area contributed by atoms with Crippen molar-refractivity contribution in [3.8, 4) is 0 Å². The van der Waals surface area contributed by atoms with Crippen molar-refractivity contribution in [3.63, 3.8) is 0 Å². The molecule has 110 valence electrons. The summed E-state index contributed by atoms with van der Waals surface area (Å²) in [5.41, 5.74) is 11.6. The fraction of sp³-hybridized carbons (Fsp3) is 0.462. The lowest BCUT2D eigenvalue weighted by atomic mass is 10.2. The van der Waals surface area contributed by atoms with Gasteiger partial charge >= 0.3 is 0 Å². The third-order valence-electron chi connectivity index (χ3n) is 3.09. The van der Waals surface area contributed by atoms with Gasteiger partial charge in [0, 0.05) is 19.0 Å². The molecule has 0 unspecified atom stereocenters. The smallest absolute Gasteiger partial charge is 0.220 e. The second kappa shape index (κ2) is 6.17. The second-order valence-corrected chi connectivity index (χ2v) is 5.31. The predicted molar refractivity (Wildman–Crippen MR) is 79.1 cm³/mol. The van der Waals surface area contributed by atoms with Crippen molar-refractivity contribution in [2.75, 3.05) is 23.3 Å². The normalized spacial score (nSPS) is 14.1. The molecule has 1 aromatic carbocycles. The average Bonchev–Trinajstić information content (AvgIpc) is 3.19. The van der Waals surface area contributed by atoms with Crippen LogP contribution < -0.4 is 22.1 Å². The summed E-state index contributed by atoms with van der Waals surface area (Å²) in [5.74, 6) is -0.635. The fourth-order valence-electron chi connectivity index (χ4n) is 1.84. The lowest BCUT2D eigenvalue weighted by Gasteiger charge is -2.12. The molecule has 6 N–H and O–H groups in total. The zero-order valence-electron chi connectivity index (χ0n) is 11.0. The number of benzene rings is 1. The number of hydrogen-bond donors (Lipinski definition) is 4. The minimum atomic E-state index is -0.661. The Bertz CT molecular complexity index is 520. The van der Waals surface area contributed by atoms with Crippen LogP contribution in [0.5, 0.6) is 0 Å². The van der Waals surface area contributed by atoms with E-state index in [1.54, 1.807) is 0 Å². The molecule has 1 aliphatic rings. The average molecular weight is 301 g/mol. The first-order chi connectivity index (χ1) is 9.49. The van der Waals surface area contributed by atoms with E-state index in [9.17, 15) is 9.18 Å². The van der Waals surface area contributed by atoms with Crippen LogP contribution in [0.25, 0.3) is 0 Å². The van der Waals surface area contributed by atoms with Gasteiger partial charge in [-0.1, -0.05) is 11.6 Å². The molecule has 5 nitrogen and oxygen atoms in total. The maximum atomic E-state index is 13.9. The first kappa shape index (κ1) is 14.7. The summed E-state index contributed by atoms with van der Waals surface area (Å²) in [7, 11) is 0. The van der Waals surface area contributed by atoms with Gasteiger partial charge in [-0.2, -0.15) is 0 Å². The summed E-state index contributed by atoms with van der Waals surface area (Å²) >= 11 is 5.72. The van der Waals surface area contributed by atoms with Crippen LogP contribution in [0.4, 0.5) is 21.5 Å². The Morgan fingerprint density at radius 3 is 2.75 bits per heavy atom. The number of hydrogen-bond acceptors (Lipinski definition) is 4. The van der Waals surface area contributed by atoms with E-state index >= 15 is 0 Å². The highest BCUT2D eigenvalue weighted by Gasteiger charge is 2.22. The van der Waals surface area contributed by atoms with E-state index in [0.717, 1.165) is 12.8 Å². The zero-order chi connectivity index (χ0) is 14.7. The molecule has 0 radical (unpaired) electrons. The molecular weight excluding hydrogens is 283 g/mol. The number of nitrogens with two attached hydrogens (primary N) is 2. The van der Waals surface area contributed by atoms with Crippen molar-refractivity contribution in [1.82, 2.24) is 5.32 Å². The van der Waals surface area contributed by atoms with Crippen LogP contribution in [-0.2, 0) is 4.79 Å². The van der Waals surface area contributed by atoms with Gasteiger partial charge in [0.1, 0.15) is 5.02 Å². The predicted octanol–water partition coefficient (Wildman–Crippen LogP) is 2.11. The van der Waals surface area contributed by atoms with Gasteiger partial charge in [-0.3, -0.25) is 4.79 Å². The molecule has 1 amide bonds. The van der Waals surface area contributed by atoms with Gasteiger partial charge in [0.15, 0.2) is 5.82 Å². The first-order valence-electron chi connectivity index (χ1n) is 6.55. The molecule has 0 atom stereocenters. The van der Waals surface area contributed by atoms with Crippen LogP contribution in [0.1, 0.15) is 25.7 Å². The Kier molecular flexibility index (Phi) is 4.54. The summed E-state index contributed by atoms with van der Waals surface area (Å²) in [6, 6.07) is 1.77. The minimum Gasteiger partial charge on any atom is -0.397 e. The van der Waals surface area contributed by atoms with Crippen molar-refractivity contribution in [2.24, 2.45) is 0 Å². The Morgan fingerprint density at radius 2 is 2.10 bits per heavy atom. The summed E-state index contributed by atoms with van der Waals surface area (Å²) < 4.78 is 13.9. The molecule has 1 saturated carbocycles. The molecule has 1 fully saturated rings. The first-order valence-corrected chi connectivity index (χ1v) is 6.93. The van der Waals surface area contributed by atoms with Crippen molar-refractivity contribution in [1.29, 1.82) is 0 Å². The molecular formula is C13H18ClFN4O. The van der Waals surface area contributed by atoms with E-state index in [1.165, 1.54) is 6.07 Å². The summed E-state index contributed by atoms with van der Waals surface area (Å²) in [4.78, 5) is 11.5. The van der Waals surface area contributed by atoms with E-state index in [1.807, 2.05) is 0 Å². The molecule has 20 heavy (non-hydrogen) atoms. The molecule has 0 saturated heterocycles. The number of anilines is 3. The molecule has 1 aliphatic carbocycles. The van der Waals surface area contributed by atoms with E-state index < -0.39 is 5.82 Å². The van der Waals surface area contributed by atoms with Gasteiger partial charge in [-0.15, -0.1) is 0 Å². The van der Waals surface area contributed by atoms with Gasteiger partial charge in [0.2, 0.25) is 5.91 Å². The van der Waals surface area contributed by atoms with Gasteiger partial charge < -0.3 is 22.1 Å². The Labute approximate surface area is 121 Å². The quantitative estimate of drug-likeness (QED) is 0.478. The second-order valence-electron chi connectivity index (χ2n) is 4.93. The number of carbonyl (C=O) groups excluding carboxylic acids is 1. The standard InChI is InChI=1S/C13H18ClFN4O/c14-11-8(16)6-9(17)13(12(11)15)18-5-1-2-10(20)19-7-3-4-7/h6-7,18H,1-5,16-17H2,(H,19,20). The maximum Gasteiger partial charge on any atom is 0.220 e. The number of nitrogen functional groups attached to an aromatic ring is 2. The maximum absolute atomic E-state index is 13.9. The highest BCUT2D eigenvalue weighted by Crippen LogP contribution is 2.33. The van der Waals surface area contributed by atoms with E-state index in [4.69, 9.17) is 23.1 Å². The lowest BCUT2D eigenvalue weighted by molar-refractivity contribution is -0.121. The number of rotatable bonds is 6.